The zero-order valence-electron chi connectivity index (χ0n) is 17.6. The summed E-state index contributed by atoms with van der Waals surface area (Å²) in [7, 11) is -1.93. The van der Waals surface area contributed by atoms with Crippen LogP contribution in [0.1, 0.15) is 4.88 Å². The van der Waals surface area contributed by atoms with Crippen LogP contribution in [0.15, 0.2) is 59.5 Å². The molecular weight excluding hydrogens is 483 g/mol. The summed E-state index contributed by atoms with van der Waals surface area (Å²) in [5, 5.41) is 0. The van der Waals surface area contributed by atoms with Crippen molar-refractivity contribution in [2.24, 2.45) is 0 Å². The molecule has 0 bridgehead atoms. The Morgan fingerprint density at radius 2 is 1.97 bits per heavy atom. The Bertz CT molecular complexity index is 1120. The van der Waals surface area contributed by atoms with Gasteiger partial charge in [-0.05, 0) is 42.2 Å². The van der Waals surface area contributed by atoms with Gasteiger partial charge in [-0.3, -0.25) is 4.79 Å². The smallest absolute Gasteiger partial charge is 0.415 e. The van der Waals surface area contributed by atoms with E-state index in [4.69, 9.17) is 4.74 Å². The van der Waals surface area contributed by atoms with Crippen molar-refractivity contribution >= 4 is 44.6 Å². The van der Waals surface area contributed by atoms with Crippen LogP contribution < -0.4 is 0 Å². The van der Waals surface area contributed by atoms with Gasteiger partial charge < -0.3 is 9.64 Å². The fraction of sp³-hybridized carbons (Fsp3) is 0.286. The average molecular weight is 506 g/mol. The molecule has 0 amide bonds. The minimum Gasteiger partial charge on any atom is -0.453 e. The predicted molar refractivity (Wildman–Crippen MR) is 123 cm³/mol. The number of thioether (sulfide) groups is 1. The van der Waals surface area contributed by atoms with Gasteiger partial charge in [0, 0.05) is 18.2 Å². The van der Waals surface area contributed by atoms with Crippen molar-refractivity contribution in [1.29, 1.82) is 0 Å². The number of carbonyl (C=O) groups excluding carboxylic acids is 1. The van der Waals surface area contributed by atoms with E-state index < -0.39 is 27.6 Å². The third kappa shape index (κ3) is 7.14. The number of benzene rings is 1. The maximum atomic E-state index is 13.1. The Morgan fingerprint density at radius 1 is 1.28 bits per heavy atom. The Labute approximate surface area is 193 Å². The summed E-state index contributed by atoms with van der Waals surface area (Å²) < 4.78 is 68.1. The zero-order valence-corrected chi connectivity index (χ0v) is 20.1. The first-order valence-electron chi connectivity index (χ1n) is 9.07. The van der Waals surface area contributed by atoms with Gasteiger partial charge in [0.05, 0.1) is 21.0 Å². The molecular formula is C21H22F3NO4S3. The Kier molecular flexibility index (Phi) is 8.60. The van der Waals surface area contributed by atoms with Gasteiger partial charge in [0.25, 0.3) is 0 Å². The largest absolute Gasteiger partial charge is 0.453 e. The van der Waals surface area contributed by atoms with Gasteiger partial charge in [0.15, 0.2) is 9.84 Å². The predicted octanol–water partition coefficient (Wildman–Crippen LogP) is 5.07. The van der Waals surface area contributed by atoms with E-state index in [1.165, 1.54) is 47.2 Å². The van der Waals surface area contributed by atoms with Crippen LogP contribution in [0.25, 0.3) is 16.1 Å². The van der Waals surface area contributed by atoms with Crippen LogP contribution in [0, 0.1) is 0 Å². The van der Waals surface area contributed by atoms with Crippen LogP contribution in [-0.2, 0) is 19.4 Å². The van der Waals surface area contributed by atoms with E-state index in [9.17, 15) is 26.4 Å². The molecule has 174 valence electrons. The fourth-order valence-electron chi connectivity index (χ4n) is 2.58. The van der Waals surface area contributed by atoms with Crippen LogP contribution >= 0.6 is 23.1 Å². The van der Waals surface area contributed by atoms with Crippen molar-refractivity contribution in [3.63, 3.8) is 0 Å². The number of halogens is 3. The highest BCUT2D eigenvalue weighted by atomic mass is 32.2. The number of nitrogens with zero attached hydrogens (tertiary/aromatic N) is 1. The fourth-order valence-corrected chi connectivity index (χ4v) is 4.57. The highest BCUT2D eigenvalue weighted by molar-refractivity contribution is 7.98. The van der Waals surface area contributed by atoms with E-state index >= 15 is 0 Å². The molecule has 32 heavy (non-hydrogen) atoms. The highest BCUT2D eigenvalue weighted by Crippen LogP contribution is 2.36. The van der Waals surface area contributed by atoms with E-state index in [2.05, 4.69) is 6.58 Å². The Balaban J connectivity index is 2.43. The molecule has 0 aliphatic carbocycles. The second kappa shape index (κ2) is 10.6. The van der Waals surface area contributed by atoms with Gasteiger partial charge >= 0.3 is 12.1 Å². The second-order valence-corrected chi connectivity index (χ2v) is 10.7. The molecule has 2 aromatic rings. The van der Waals surface area contributed by atoms with E-state index in [0.29, 0.717) is 15.3 Å². The molecule has 0 radical (unpaired) electrons. The van der Waals surface area contributed by atoms with E-state index in [1.807, 2.05) is 0 Å². The summed E-state index contributed by atoms with van der Waals surface area (Å²) in [4.78, 5) is 14.6. The maximum absolute atomic E-state index is 13.1. The number of likely N-dealkylation sites (N-methyl/N-ethyl adjacent to an activating group) is 1. The quantitative estimate of drug-likeness (QED) is 0.269. The number of rotatable bonds is 9. The van der Waals surface area contributed by atoms with Crippen LogP contribution in [-0.4, -0.2) is 57.5 Å². The number of allylic oxidation sites excluding steroid dienone is 2. The molecule has 0 fully saturated rings. The molecule has 0 aliphatic rings. The molecule has 0 saturated heterocycles. The van der Waals surface area contributed by atoms with E-state index in [1.54, 1.807) is 30.5 Å². The monoisotopic (exact) mass is 505 g/mol. The summed E-state index contributed by atoms with van der Waals surface area (Å²) >= 11 is 2.47. The number of sulfone groups is 1. The molecule has 0 spiro atoms. The molecule has 1 aromatic heterocycles. The first-order valence-corrected chi connectivity index (χ1v) is 13.2. The van der Waals surface area contributed by atoms with Crippen molar-refractivity contribution in [2.45, 2.75) is 11.1 Å². The second-order valence-electron chi connectivity index (χ2n) is 6.80. The first-order chi connectivity index (χ1) is 14.8. The third-order valence-electron chi connectivity index (χ3n) is 4.20. The lowest BCUT2D eigenvalue weighted by molar-refractivity contribution is -0.141. The SMILES string of the molecule is C=C(/C=C(/c1ccc(-c2cccc(S(C)(=O)=O)c2)s1)N(C)CC(=O)OCSC)C(F)(F)F. The normalized spacial score (nSPS) is 12.5. The number of carbonyl (C=O) groups is 1. The summed E-state index contributed by atoms with van der Waals surface area (Å²) in [6, 6.07) is 9.59. The van der Waals surface area contributed by atoms with Crippen LogP contribution in [0.2, 0.25) is 0 Å². The lowest BCUT2D eigenvalue weighted by Crippen LogP contribution is -2.26. The number of esters is 1. The molecule has 0 saturated carbocycles. The van der Waals surface area contributed by atoms with Crippen LogP contribution in [0.5, 0.6) is 0 Å². The molecule has 0 atom stereocenters. The summed E-state index contributed by atoms with van der Waals surface area (Å²) in [5.41, 5.74) is -0.310. The summed E-state index contributed by atoms with van der Waals surface area (Å²) in [6.07, 6.45) is -0.901. The first kappa shape index (κ1) is 26.0. The number of hydrogen-bond acceptors (Lipinski definition) is 7. The maximum Gasteiger partial charge on any atom is 0.415 e. The standard InChI is InChI=1S/C21H22F3NO4S3/c1-14(21(22,23)24)10-17(25(2)12-20(26)29-13-30-3)19-9-8-18(31-19)15-6-5-7-16(11-15)32(4,27)28/h5-11H,1,12-13H2,2-4H3/b17-10-. The molecule has 0 unspecified atom stereocenters. The van der Waals surface area contributed by atoms with Gasteiger partial charge in [-0.2, -0.15) is 13.2 Å². The van der Waals surface area contributed by atoms with Crippen LogP contribution in [0.3, 0.4) is 0 Å². The molecule has 5 nitrogen and oxygen atoms in total. The van der Waals surface area contributed by atoms with Gasteiger partial charge in [-0.15, -0.1) is 23.1 Å². The molecule has 11 heteroatoms. The number of hydrogen-bond donors (Lipinski definition) is 0. The number of alkyl halides is 3. The average Bonchev–Trinajstić information content (AvgIpc) is 3.18. The molecule has 1 heterocycles. The summed E-state index contributed by atoms with van der Waals surface area (Å²) in [5.74, 6) is -0.441. The number of thiophene rings is 1. The lowest BCUT2D eigenvalue weighted by Gasteiger charge is -2.22. The van der Waals surface area contributed by atoms with Crippen LogP contribution in [0.4, 0.5) is 13.2 Å². The third-order valence-corrected chi connectivity index (χ3v) is 6.82. The van der Waals surface area contributed by atoms with Gasteiger partial charge in [0.2, 0.25) is 0 Å². The molecule has 0 N–H and O–H groups in total. The van der Waals surface area contributed by atoms with Gasteiger partial charge in [0.1, 0.15) is 12.5 Å². The van der Waals surface area contributed by atoms with Crippen molar-refractivity contribution in [3.05, 3.63) is 59.5 Å². The molecule has 0 aliphatic heterocycles. The minimum absolute atomic E-state index is 0.139. The zero-order chi connectivity index (χ0) is 24.1. The molecule has 1 aromatic carbocycles. The van der Waals surface area contributed by atoms with E-state index in [-0.39, 0.29) is 23.1 Å². The van der Waals surface area contributed by atoms with Gasteiger partial charge in [-0.1, -0.05) is 18.7 Å². The van der Waals surface area contributed by atoms with Crippen molar-refractivity contribution in [3.8, 4) is 10.4 Å². The van der Waals surface area contributed by atoms with Crippen molar-refractivity contribution < 1.29 is 31.1 Å². The highest BCUT2D eigenvalue weighted by Gasteiger charge is 2.31. The van der Waals surface area contributed by atoms with Gasteiger partial charge in [-0.25, -0.2) is 8.42 Å². The Hall–Kier alpha value is -2.24. The lowest BCUT2D eigenvalue weighted by atomic mass is 10.2. The topological polar surface area (TPSA) is 63.7 Å². The van der Waals surface area contributed by atoms with Crippen molar-refractivity contribution in [1.82, 2.24) is 4.90 Å². The number of ether oxygens (including phenoxy) is 1. The Morgan fingerprint density at radius 3 is 2.56 bits per heavy atom. The minimum atomic E-state index is -4.63. The summed E-state index contributed by atoms with van der Waals surface area (Å²) in [6.45, 7) is 2.84. The van der Waals surface area contributed by atoms with Crippen molar-refractivity contribution in [2.75, 3.05) is 32.0 Å². The molecule has 2 rings (SSSR count). The van der Waals surface area contributed by atoms with E-state index in [0.717, 1.165) is 12.3 Å².